The lowest BCUT2D eigenvalue weighted by molar-refractivity contribution is -0.125. The molecule has 0 aliphatic carbocycles. The molecule has 6 nitrogen and oxygen atoms in total. The molecule has 1 atom stereocenters. The van der Waals surface area contributed by atoms with Crippen LogP contribution in [0.25, 0.3) is 0 Å². The van der Waals surface area contributed by atoms with Crippen molar-refractivity contribution in [2.75, 3.05) is 38.3 Å². The Morgan fingerprint density at radius 2 is 2.23 bits per heavy atom. The van der Waals surface area contributed by atoms with E-state index < -0.39 is 6.04 Å². The minimum atomic E-state index is -0.493. The third-order valence-corrected chi connectivity index (χ3v) is 3.77. The number of hydrogen-bond donors (Lipinski definition) is 2. The Morgan fingerprint density at radius 3 is 2.95 bits per heavy atom. The second-order valence-electron chi connectivity index (χ2n) is 5.02. The lowest BCUT2D eigenvalue weighted by atomic mass is 10.2. The fourth-order valence-electron chi connectivity index (χ4n) is 2.35. The second-order valence-corrected chi connectivity index (χ2v) is 5.43. The van der Waals surface area contributed by atoms with E-state index in [2.05, 4.69) is 10.6 Å². The molecule has 1 heterocycles. The number of hydrogen-bond acceptors (Lipinski definition) is 4. The number of methoxy groups -OCH3 is 1. The summed E-state index contributed by atoms with van der Waals surface area (Å²) in [7, 11) is 1.60. The number of halogens is 1. The number of nitrogens with zero attached hydrogens (tertiary/aromatic N) is 1. The van der Waals surface area contributed by atoms with Crippen LogP contribution in [0.1, 0.15) is 6.42 Å². The number of nitrogens with one attached hydrogen (secondary N) is 2. The van der Waals surface area contributed by atoms with Crippen LogP contribution in [0.5, 0.6) is 0 Å². The van der Waals surface area contributed by atoms with Crippen LogP contribution in [-0.4, -0.2) is 51.2 Å². The first-order chi connectivity index (χ1) is 10.6. The third kappa shape index (κ3) is 4.19. The van der Waals surface area contributed by atoms with Crippen LogP contribution in [0.3, 0.4) is 0 Å². The Bertz CT molecular complexity index is 539. The van der Waals surface area contributed by atoms with Gasteiger partial charge in [-0.05, 0) is 18.6 Å². The van der Waals surface area contributed by atoms with Crippen LogP contribution in [0.2, 0.25) is 5.02 Å². The Labute approximate surface area is 134 Å². The van der Waals surface area contributed by atoms with E-state index in [1.54, 1.807) is 24.1 Å². The predicted octanol–water partition coefficient (Wildman–Crippen LogP) is 0.798. The van der Waals surface area contributed by atoms with E-state index in [1.807, 2.05) is 12.1 Å². The van der Waals surface area contributed by atoms with Crippen molar-refractivity contribution in [2.45, 2.75) is 12.5 Å². The van der Waals surface area contributed by atoms with Gasteiger partial charge in [0.1, 0.15) is 6.04 Å². The van der Waals surface area contributed by atoms with E-state index in [1.165, 1.54) is 0 Å². The maximum Gasteiger partial charge on any atom is 0.249 e. The average Bonchev–Trinajstić information content (AvgIpc) is 2.85. The molecule has 2 amide bonds. The fraction of sp³-hybridized carbons (Fsp3) is 0.467. The van der Waals surface area contributed by atoms with Crippen LogP contribution in [0.15, 0.2) is 24.3 Å². The third-order valence-electron chi connectivity index (χ3n) is 3.45. The molecule has 1 aliphatic rings. The van der Waals surface area contributed by atoms with Gasteiger partial charge in [-0.25, -0.2) is 0 Å². The molecule has 0 radical (unpaired) electrons. The molecule has 2 N–H and O–H groups in total. The first-order valence-electron chi connectivity index (χ1n) is 7.18. The van der Waals surface area contributed by atoms with E-state index in [-0.39, 0.29) is 18.4 Å². The van der Waals surface area contributed by atoms with E-state index in [4.69, 9.17) is 16.3 Å². The zero-order chi connectivity index (χ0) is 15.9. The van der Waals surface area contributed by atoms with Gasteiger partial charge in [0, 0.05) is 20.2 Å². The van der Waals surface area contributed by atoms with E-state index in [0.717, 1.165) is 0 Å². The summed E-state index contributed by atoms with van der Waals surface area (Å²) in [5.41, 5.74) is 0.684. The smallest absolute Gasteiger partial charge is 0.249 e. The standard InChI is InChI=1S/C15H20ClN3O3/c1-22-9-7-17-10-14(20)18-12-6-8-19(15(12)21)13-5-3-2-4-11(13)16/h2-5,12,17H,6-10H2,1H3,(H,18,20). The normalized spacial score (nSPS) is 17.8. The quantitative estimate of drug-likeness (QED) is 0.727. The van der Waals surface area contributed by atoms with Crippen molar-refractivity contribution < 1.29 is 14.3 Å². The van der Waals surface area contributed by atoms with Crippen LogP contribution in [-0.2, 0) is 14.3 Å². The van der Waals surface area contributed by atoms with Crippen molar-refractivity contribution in [1.29, 1.82) is 0 Å². The number of amides is 2. The molecule has 1 aliphatic heterocycles. The Kier molecular flexibility index (Phi) is 6.18. The highest BCUT2D eigenvalue weighted by Crippen LogP contribution is 2.28. The molecule has 0 saturated carbocycles. The molecule has 1 fully saturated rings. The lowest BCUT2D eigenvalue weighted by Crippen LogP contribution is -2.45. The van der Waals surface area contributed by atoms with Crippen molar-refractivity contribution in [3.8, 4) is 0 Å². The summed E-state index contributed by atoms with van der Waals surface area (Å²) in [6.45, 7) is 1.84. The molecule has 0 aromatic heterocycles. The van der Waals surface area contributed by atoms with Crippen molar-refractivity contribution in [3.05, 3.63) is 29.3 Å². The van der Waals surface area contributed by atoms with Gasteiger partial charge in [-0.3, -0.25) is 9.59 Å². The van der Waals surface area contributed by atoms with Gasteiger partial charge in [0.15, 0.2) is 0 Å². The summed E-state index contributed by atoms with van der Waals surface area (Å²) in [6.07, 6.45) is 0.577. The molecule has 1 saturated heterocycles. The topological polar surface area (TPSA) is 70.7 Å². The first kappa shape index (κ1) is 16.7. The molecular weight excluding hydrogens is 306 g/mol. The molecular formula is C15H20ClN3O3. The minimum absolute atomic E-state index is 0.127. The van der Waals surface area contributed by atoms with Gasteiger partial charge >= 0.3 is 0 Å². The zero-order valence-corrected chi connectivity index (χ0v) is 13.2. The zero-order valence-electron chi connectivity index (χ0n) is 12.5. The number of benzene rings is 1. The van der Waals surface area contributed by atoms with Gasteiger partial charge in [-0.15, -0.1) is 0 Å². The number of para-hydroxylation sites is 1. The monoisotopic (exact) mass is 325 g/mol. The highest BCUT2D eigenvalue weighted by atomic mass is 35.5. The SMILES string of the molecule is COCCNCC(=O)NC1CCN(c2ccccc2Cl)C1=O. The highest BCUT2D eigenvalue weighted by Gasteiger charge is 2.34. The molecule has 1 unspecified atom stereocenters. The van der Waals surface area contributed by atoms with E-state index in [9.17, 15) is 9.59 Å². The van der Waals surface area contributed by atoms with Crippen molar-refractivity contribution in [3.63, 3.8) is 0 Å². The van der Waals surface area contributed by atoms with Gasteiger partial charge in [-0.2, -0.15) is 0 Å². The molecule has 7 heteroatoms. The number of carbonyl (C=O) groups is 2. The average molecular weight is 326 g/mol. The van der Waals surface area contributed by atoms with Crippen molar-refractivity contribution >= 4 is 29.1 Å². The van der Waals surface area contributed by atoms with Crippen LogP contribution in [0, 0.1) is 0 Å². The van der Waals surface area contributed by atoms with Crippen LogP contribution >= 0.6 is 11.6 Å². The summed E-state index contributed by atoms with van der Waals surface area (Å²) in [6, 6.07) is 6.71. The number of rotatable bonds is 7. The van der Waals surface area contributed by atoms with Gasteiger partial charge in [0.25, 0.3) is 0 Å². The summed E-state index contributed by atoms with van der Waals surface area (Å²) < 4.78 is 4.88. The first-order valence-corrected chi connectivity index (χ1v) is 7.56. The van der Waals surface area contributed by atoms with Crippen molar-refractivity contribution in [1.82, 2.24) is 10.6 Å². The molecule has 22 heavy (non-hydrogen) atoms. The van der Waals surface area contributed by atoms with Gasteiger partial charge in [0.05, 0.1) is 23.9 Å². The second kappa shape index (κ2) is 8.12. The van der Waals surface area contributed by atoms with Gasteiger partial charge in [-0.1, -0.05) is 23.7 Å². The van der Waals surface area contributed by atoms with Crippen molar-refractivity contribution in [2.24, 2.45) is 0 Å². The number of carbonyl (C=O) groups excluding carboxylic acids is 2. The van der Waals surface area contributed by atoms with E-state index in [0.29, 0.717) is 36.8 Å². The summed E-state index contributed by atoms with van der Waals surface area (Å²) in [5, 5.41) is 6.22. The number of ether oxygens (including phenoxy) is 1. The molecule has 120 valence electrons. The molecule has 0 bridgehead atoms. The predicted molar refractivity (Wildman–Crippen MR) is 85.1 cm³/mol. The molecule has 1 aromatic carbocycles. The highest BCUT2D eigenvalue weighted by molar-refractivity contribution is 6.34. The Morgan fingerprint density at radius 1 is 1.45 bits per heavy atom. The van der Waals surface area contributed by atoms with Crippen LogP contribution in [0.4, 0.5) is 5.69 Å². The maximum atomic E-state index is 12.4. The summed E-state index contributed by atoms with van der Waals surface area (Å²) in [5.74, 6) is -0.325. The lowest BCUT2D eigenvalue weighted by Gasteiger charge is -2.18. The maximum absolute atomic E-state index is 12.4. The summed E-state index contributed by atoms with van der Waals surface area (Å²) in [4.78, 5) is 25.8. The largest absolute Gasteiger partial charge is 0.383 e. The molecule has 2 rings (SSSR count). The summed E-state index contributed by atoms with van der Waals surface area (Å²) >= 11 is 6.12. The van der Waals surface area contributed by atoms with Gasteiger partial charge in [0.2, 0.25) is 11.8 Å². The number of anilines is 1. The van der Waals surface area contributed by atoms with Crippen LogP contribution < -0.4 is 15.5 Å². The Balaban J connectivity index is 1.86. The molecule has 0 spiro atoms. The van der Waals surface area contributed by atoms with E-state index >= 15 is 0 Å². The Hall–Kier alpha value is -1.63. The minimum Gasteiger partial charge on any atom is -0.383 e. The molecule has 1 aromatic rings. The fourth-order valence-corrected chi connectivity index (χ4v) is 2.58. The van der Waals surface area contributed by atoms with Gasteiger partial charge < -0.3 is 20.3 Å².